The van der Waals surface area contributed by atoms with Gasteiger partial charge in [-0.25, -0.2) is 9.59 Å². The van der Waals surface area contributed by atoms with Crippen molar-refractivity contribution in [1.29, 1.82) is 0 Å². The number of carbonyl (C=O) groups excluding carboxylic acids is 2. The molecule has 0 aliphatic rings. The molecule has 2 rings (SSSR count). The Labute approximate surface area is 212 Å². The molecule has 0 saturated carbocycles. The maximum atomic E-state index is 13.6. The Morgan fingerprint density at radius 1 is 0.914 bits per heavy atom. The fourth-order valence-corrected chi connectivity index (χ4v) is 5.92. The molecular formula is C25H30N2O6S2. The van der Waals surface area contributed by atoms with Gasteiger partial charge < -0.3 is 20.8 Å². The highest BCUT2D eigenvalue weighted by molar-refractivity contribution is 8.77. The molecule has 2 aromatic carbocycles. The van der Waals surface area contributed by atoms with Gasteiger partial charge in [0.05, 0.1) is 4.75 Å². The van der Waals surface area contributed by atoms with Gasteiger partial charge in [0.25, 0.3) is 11.8 Å². The topological polar surface area (TPSA) is 133 Å². The molecule has 35 heavy (non-hydrogen) atoms. The van der Waals surface area contributed by atoms with E-state index in [4.69, 9.17) is 0 Å². The quantitative estimate of drug-likeness (QED) is 0.244. The van der Waals surface area contributed by atoms with Crippen molar-refractivity contribution in [3.8, 4) is 0 Å². The number of nitrogens with one attached hydrogen (secondary N) is 2. The molecule has 0 bridgehead atoms. The molecule has 0 aliphatic heterocycles. The summed E-state index contributed by atoms with van der Waals surface area (Å²) in [6.45, 7) is 6.65. The molecule has 2 atom stereocenters. The molecule has 0 spiro atoms. The van der Waals surface area contributed by atoms with E-state index in [1.165, 1.54) is 36.8 Å². The highest BCUT2D eigenvalue weighted by atomic mass is 33.1. The zero-order valence-electron chi connectivity index (χ0n) is 20.0. The highest BCUT2D eigenvalue weighted by Crippen LogP contribution is 2.46. The van der Waals surface area contributed by atoms with Crippen molar-refractivity contribution in [3.63, 3.8) is 0 Å². The molecule has 0 radical (unpaired) electrons. The molecular weight excluding hydrogens is 488 g/mol. The van der Waals surface area contributed by atoms with Gasteiger partial charge in [0, 0.05) is 10.5 Å². The first-order chi connectivity index (χ1) is 16.4. The number of carbonyl (C=O) groups is 4. The van der Waals surface area contributed by atoms with Crippen LogP contribution < -0.4 is 10.6 Å². The molecule has 0 saturated heterocycles. The number of carboxylic acids is 2. The summed E-state index contributed by atoms with van der Waals surface area (Å²) in [6, 6.07) is 15.8. The summed E-state index contributed by atoms with van der Waals surface area (Å²) in [5.41, 5.74) is -2.32. The SMILES string of the molecule is CC(C)CC(NC(=O)C(NC(=O)c1ccccc1)(C(=O)O)C(C)(C)SSc1ccccc1)C(=O)O. The smallest absolute Gasteiger partial charge is 0.340 e. The first kappa shape index (κ1) is 28.3. The molecule has 2 unspecified atom stereocenters. The largest absolute Gasteiger partial charge is 0.480 e. The fourth-order valence-electron chi connectivity index (χ4n) is 3.37. The van der Waals surface area contributed by atoms with E-state index in [0.29, 0.717) is 0 Å². The second-order valence-corrected chi connectivity index (χ2v) is 11.7. The van der Waals surface area contributed by atoms with Crippen LogP contribution in [-0.4, -0.2) is 50.3 Å². The molecule has 2 amide bonds. The van der Waals surface area contributed by atoms with E-state index < -0.39 is 40.1 Å². The summed E-state index contributed by atoms with van der Waals surface area (Å²) in [5, 5.41) is 24.9. The molecule has 4 N–H and O–H groups in total. The molecule has 8 nitrogen and oxygen atoms in total. The Kier molecular flexibility index (Phi) is 9.79. The first-order valence-electron chi connectivity index (χ1n) is 11.0. The number of aliphatic carboxylic acids is 2. The van der Waals surface area contributed by atoms with E-state index >= 15 is 0 Å². The van der Waals surface area contributed by atoms with Gasteiger partial charge in [-0.2, -0.15) is 0 Å². The first-order valence-corrected chi connectivity index (χ1v) is 13.1. The van der Waals surface area contributed by atoms with Crippen LogP contribution in [0.15, 0.2) is 65.6 Å². The van der Waals surface area contributed by atoms with Crippen molar-refractivity contribution in [2.45, 2.75) is 55.3 Å². The molecule has 10 heteroatoms. The normalized spacial score (nSPS) is 14.0. The predicted molar refractivity (Wildman–Crippen MR) is 137 cm³/mol. The van der Waals surface area contributed by atoms with Crippen LogP contribution in [0, 0.1) is 5.92 Å². The van der Waals surface area contributed by atoms with Gasteiger partial charge >= 0.3 is 11.9 Å². The van der Waals surface area contributed by atoms with Crippen LogP contribution in [0.5, 0.6) is 0 Å². The Hall–Kier alpha value is -2.98. The van der Waals surface area contributed by atoms with Crippen molar-refractivity contribution >= 4 is 45.3 Å². The second-order valence-electron chi connectivity index (χ2n) is 8.86. The fraction of sp³-hybridized carbons (Fsp3) is 0.360. The van der Waals surface area contributed by atoms with Crippen molar-refractivity contribution in [2.75, 3.05) is 0 Å². The van der Waals surface area contributed by atoms with E-state index in [0.717, 1.165) is 15.7 Å². The summed E-state index contributed by atoms with van der Waals surface area (Å²) in [7, 11) is 2.35. The summed E-state index contributed by atoms with van der Waals surface area (Å²) < 4.78 is -1.42. The Bertz CT molecular complexity index is 1050. The summed E-state index contributed by atoms with van der Waals surface area (Å²) >= 11 is 0. The number of rotatable bonds is 12. The van der Waals surface area contributed by atoms with Crippen molar-refractivity contribution in [3.05, 3.63) is 66.2 Å². The molecule has 0 aliphatic carbocycles. The molecule has 0 fully saturated rings. The number of amides is 2. The van der Waals surface area contributed by atoms with Crippen LogP contribution >= 0.6 is 21.6 Å². The van der Waals surface area contributed by atoms with E-state index in [1.807, 2.05) is 30.3 Å². The third-order valence-electron chi connectivity index (χ3n) is 5.30. The lowest BCUT2D eigenvalue weighted by molar-refractivity contribution is -0.154. The van der Waals surface area contributed by atoms with Gasteiger partial charge in [0.15, 0.2) is 0 Å². The third-order valence-corrected chi connectivity index (χ3v) is 8.65. The van der Waals surface area contributed by atoms with Gasteiger partial charge in [0.2, 0.25) is 5.54 Å². The highest BCUT2D eigenvalue weighted by Gasteiger charge is 2.60. The van der Waals surface area contributed by atoms with Gasteiger partial charge in [-0.3, -0.25) is 9.59 Å². The standard InChI is InChI=1S/C25H30N2O6S2/c1-16(2)15-19(21(29)30)26-22(31)25(23(32)33,27-20(28)17-11-7-5-8-12-17)24(3,4)35-34-18-13-9-6-10-14-18/h5-14,16,19H,15H2,1-4H3,(H,26,31)(H,27,28)(H,29,30)(H,32,33). The summed E-state index contributed by atoms with van der Waals surface area (Å²) in [6.07, 6.45) is 0.0930. The lowest BCUT2D eigenvalue weighted by Gasteiger charge is -2.42. The maximum Gasteiger partial charge on any atom is 0.340 e. The van der Waals surface area contributed by atoms with Crippen LogP contribution in [0.4, 0.5) is 0 Å². The third kappa shape index (κ3) is 7.02. The average Bonchev–Trinajstić information content (AvgIpc) is 2.81. The van der Waals surface area contributed by atoms with E-state index in [1.54, 1.807) is 32.0 Å². The average molecular weight is 519 g/mol. The predicted octanol–water partition coefficient (Wildman–Crippen LogP) is 4.07. The Balaban J connectivity index is 2.51. The summed E-state index contributed by atoms with van der Waals surface area (Å²) in [5.74, 6) is -4.83. The molecule has 188 valence electrons. The minimum absolute atomic E-state index is 0.0782. The lowest BCUT2D eigenvalue weighted by atomic mass is 9.83. The van der Waals surface area contributed by atoms with E-state index in [-0.39, 0.29) is 17.9 Å². The molecule has 0 aromatic heterocycles. The van der Waals surface area contributed by atoms with Crippen molar-refractivity contribution in [2.24, 2.45) is 5.92 Å². The molecule has 2 aromatic rings. The van der Waals surface area contributed by atoms with Crippen LogP contribution in [0.2, 0.25) is 0 Å². The number of benzene rings is 2. The van der Waals surface area contributed by atoms with Crippen LogP contribution in [0.3, 0.4) is 0 Å². The zero-order valence-corrected chi connectivity index (χ0v) is 21.6. The maximum absolute atomic E-state index is 13.6. The van der Waals surface area contributed by atoms with Gasteiger partial charge in [0.1, 0.15) is 6.04 Å². The van der Waals surface area contributed by atoms with E-state index in [9.17, 15) is 29.4 Å². The van der Waals surface area contributed by atoms with Crippen LogP contribution in [0.25, 0.3) is 0 Å². The molecule has 0 heterocycles. The van der Waals surface area contributed by atoms with Gasteiger partial charge in [-0.1, -0.05) is 71.8 Å². The number of hydrogen-bond donors (Lipinski definition) is 4. The Morgan fingerprint density at radius 2 is 1.46 bits per heavy atom. The zero-order chi connectivity index (χ0) is 26.2. The number of carboxylic acid groups (broad SMARTS) is 2. The van der Waals surface area contributed by atoms with Gasteiger partial charge in [-0.05, 0) is 50.5 Å². The minimum atomic E-state index is -2.49. The van der Waals surface area contributed by atoms with E-state index in [2.05, 4.69) is 10.6 Å². The van der Waals surface area contributed by atoms with Crippen molar-refractivity contribution < 1.29 is 29.4 Å². The van der Waals surface area contributed by atoms with Crippen LogP contribution in [0.1, 0.15) is 44.5 Å². The van der Waals surface area contributed by atoms with Crippen LogP contribution in [-0.2, 0) is 14.4 Å². The Morgan fingerprint density at radius 3 is 1.94 bits per heavy atom. The monoisotopic (exact) mass is 518 g/mol. The van der Waals surface area contributed by atoms with Gasteiger partial charge in [-0.15, -0.1) is 0 Å². The lowest BCUT2D eigenvalue weighted by Crippen LogP contribution is -2.73. The summed E-state index contributed by atoms with van der Waals surface area (Å²) in [4.78, 5) is 52.2. The second kappa shape index (κ2) is 12.1. The number of hydrogen-bond acceptors (Lipinski definition) is 6. The van der Waals surface area contributed by atoms with Crippen molar-refractivity contribution in [1.82, 2.24) is 10.6 Å². The minimum Gasteiger partial charge on any atom is -0.480 e.